The minimum atomic E-state index is -0.938. The number of rotatable bonds is 6. The molecule has 7 heteroatoms. The SMILES string of the molecule is CC(Oc1ccccc1Br)C(=O)NC1(CC(=O)O)CCOCC1. The molecular weight excluding hydrogens is 366 g/mol. The van der Waals surface area contributed by atoms with Crippen molar-refractivity contribution >= 4 is 27.8 Å². The van der Waals surface area contributed by atoms with Crippen molar-refractivity contribution in [3.05, 3.63) is 28.7 Å². The van der Waals surface area contributed by atoms with Crippen molar-refractivity contribution in [2.24, 2.45) is 0 Å². The normalized spacial score (nSPS) is 18.0. The van der Waals surface area contributed by atoms with Crippen molar-refractivity contribution in [1.82, 2.24) is 5.32 Å². The van der Waals surface area contributed by atoms with E-state index in [0.29, 0.717) is 31.8 Å². The summed E-state index contributed by atoms with van der Waals surface area (Å²) in [6.45, 7) is 2.52. The Balaban J connectivity index is 2.03. The Kier molecular flexibility index (Phi) is 6.01. The summed E-state index contributed by atoms with van der Waals surface area (Å²) in [5.74, 6) is -0.704. The predicted molar refractivity (Wildman–Crippen MR) is 87.4 cm³/mol. The summed E-state index contributed by atoms with van der Waals surface area (Å²) in [7, 11) is 0. The van der Waals surface area contributed by atoms with Crippen LogP contribution in [-0.4, -0.2) is 41.8 Å². The van der Waals surface area contributed by atoms with Crippen LogP contribution in [0, 0.1) is 0 Å². The number of carbonyl (C=O) groups is 2. The lowest BCUT2D eigenvalue weighted by molar-refractivity contribution is -0.141. The van der Waals surface area contributed by atoms with Crippen LogP contribution in [0.1, 0.15) is 26.2 Å². The third-order valence-corrected chi connectivity index (χ3v) is 4.49. The lowest BCUT2D eigenvalue weighted by Gasteiger charge is -2.37. The number of carboxylic acids is 1. The number of para-hydroxylation sites is 1. The first-order valence-electron chi connectivity index (χ1n) is 7.45. The fourth-order valence-corrected chi connectivity index (χ4v) is 2.92. The second-order valence-electron chi connectivity index (χ2n) is 5.64. The van der Waals surface area contributed by atoms with Gasteiger partial charge in [0, 0.05) is 13.2 Å². The van der Waals surface area contributed by atoms with Gasteiger partial charge in [-0.25, -0.2) is 0 Å². The topological polar surface area (TPSA) is 84.9 Å². The second kappa shape index (κ2) is 7.79. The van der Waals surface area contributed by atoms with Crippen LogP contribution in [0.3, 0.4) is 0 Å². The zero-order valence-electron chi connectivity index (χ0n) is 12.9. The Morgan fingerprint density at radius 3 is 2.65 bits per heavy atom. The van der Waals surface area contributed by atoms with Gasteiger partial charge in [0.05, 0.1) is 16.4 Å². The molecule has 0 aliphatic carbocycles. The highest BCUT2D eigenvalue weighted by Crippen LogP contribution is 2.27. The molecule has 2 N–H and O–H groups in total. The van der Waals surface area contributed by atoms with Crippen LogP contribution in [0.25, 0.3) is 0 Å². The van der Waals surface area contributed by atoms with Crippen molar-refractivity contribution in [3.8, 4) is 5.75 Å². The Labute approximate surface area is 143 Å². The number of nitrogens with one attached hydrogen (secondary N) is 1. The van der Waals surface area contributed by atoms with E-state index in [2.05, 4.69) is 21.2 Å². The maximum Gasteiger partial charge on any atom is 0.305 e. The van der Waals surface area contributed by atoms with E-state index in [4.69, 9.17) is 14.6 Å². The molecule has 1 heterocycles. The quantitative estimate of drug-likeness (QED) is 0.784. The zero-order valence-corrected chi connectivity index (χ0v) is 14.5. The van der Waals surface area contributed by atoms with E-state index in [0.717, 1.165) is 4.47 Å². The standard InChI is InChI=1S/C16H20BrNO5/c1-11(23-13-5-3-2-4-12(13)17)15(21)18-16(10-14(19)20)6-8-22-9-7-16/h2-5,11H,6-10H2,1H3,(H,18,21)(H,19,20). The van der Waals surface area contributed by atoms with Crippen LogP contribution in [-0.2, 0) is 14.3 Å². The van der Waals surface area contributed by atoms with Crippen LogP contribution in [0.2, 0.25) is 0 Å². The number of hydrogen-bond acceptors (Lipinski definition) is 4. The summed E-state index contributed by atoms with van der Waals surface area (Å²) in [5, 5.41) is 12.0. The summed E-state index contributed by atoms with van der Waals surface area (Å²) in [6.07, 6.45) is 0.103. The van der Waals surface area contributed by atoms with Crippen LogP contribution in [0.15, 0.2) is 28.7 Å². The molecule has 0 spiro atoms. The maximum atomic E-state index is 12.4. The maximum absolute atomic E-state index is 12.4. The van der Waals surface area contributed by atoms with E-state index in [9.17, 15) is 9.59 Å². The molecular formula is C16H20BrNO5. The van der Waals surface area contributed by atoms with Crippen LogP contribution < -0.4 is 10.1 Å². The third-order valence-electron chi connectivity index (χ3n) is 3.84. The van der Waals surface area contributed by atoms with Gasteiger partial charge in [-0.1, -0.05) is 12.1 Å². The molecule has 1 aliphatic rings. The van der Waals surface area contributed by atoms with E-state index in [1.807, 2.05) is 18.2 Å². The number of ether oxygens (including phenoxy) is 2. The minimum absolute atomic E-state index is 0.121. The van der Waals surface area contributed by atoms with Gasteiger partial charge in [-0.2, -0.15) is 0 Å². The molecule has 0 saturated carbocycles. The first kappa shape index (κ1) is 17.7. The lowest BCUT2D eigenvalue weighted by atomic mass is 9.86. The fourth-order valence-electron chi connectivity index (χ4n) is 2.54. The third kappa shape index (κ3) is 4.94. The number of aliphatic carboxylic acids is 1. The molecule has 1 fully saturated rings. The minimum Gasteiger partial charge on any atom is -0.481 e. The average molecular weight is 386 g/mol. The number of amides is 1. The molecule has 6 nitrogen and oxygen atoms in total. The molecule has 0 aromatic heterocycles. The summed E-state index contributed by atoms with van der Waals surface area (Å²) in [5.41, 5.74) is -0.771. The number of benzene rings is 1. The summed E-state index contributed by atoms with van der Waals surface area (Å²) >= 11 is 3.36. The van der Waals surface area contributed by atoms with Gasteiger partial charge in [-0.15, -0.1) is 0 Å². The van der Waals surface area contributed by atoms with Crippen LogP contribution in [0.5, 0.6) is 5.75 Å². The Hall–Kier alpha value is -1.60. The van der Waals surface area contributed by atoms with E-state index < -0.39 is 17.6 Å². The zero-order chi connectivity index (χ0) is 16.9. The monoisotopic (exact) mass is 385 g/mol. The van der Waals surface area contributed by atoms with Gasteiger partial charge in [0.25, 0.3) is 5.91 Å². The molecule has 1 unspecified atom stereocenters. The summed E-state index contributed by atoms with van der Waals surface area (Å²) in [4.78, 5) is 23.6. The molecule has 1 aromatic carbocycles. The molecule has 23 heavy (non-hydrogen) atoms. The molecule has 1 saturated heterocycles. The Bertz CT molecular complexity index is 571. The Morgan fingerprint density at radius 2 is 2.04 bits per heavy atom. The molecule has 1 atom stereocenters. The molecule has 1 amide bonds. The van der Waals surface area contributed by atoms with Crippen LogP contribution in [0.4, 0.5) is 0 Å². The van der Waals surface area contributed by atoms with E-state index in [1.54, 1.807) is 13.0 Å². The van der Waals surface area contributed by atoms with E-state index >= 15 is 0 Å². The predicted octanol–water partition coefficient (Wildman–Crippen LogP) is 2.36. The van der Waals surface area contributed by atoms with Gasteiger partial charge in [0.15, 0.2) is 6.10 Å². The number of halogens is 1. The van der Waals surface area contributed by atoms with E-state index in [1.165, 1.54) is 0 Å². The highest BCUT2D eigenvalue weighted by atomic mass is 79.9. The molecule has 1 aliphatic heterocycles. The first-order chi connectivity index (χ1) is 10.9. The number of carboxylic acid groups (broad SMARTS) is 1. The molecule has 0 bridgehead atoms. The smallest absolute Gasteiger partial charge is 0.305 e. The summed E-state index contributed by atoms with van der Waals surface area (Å²) in [6, 6.07) is 7.25. The van der Waals surface area contributed by atoms with Crippen molar-refractivity contribution < 1.29 is 24.2 Å². The number of hydrogen-bond donors (Lipinski definition) is 2. The van der Waals surface area contributed by atoms with Gasteiger partial charge in [-0.05, 0) is 47.8 Å². The van der Waals surface area contributed by atoms with Gasteiger partial charge >= 0.3 is 5.97 Å². The van der Waals surface area contributed by atoms with Gasteiger partial charge < -0.3 is 19.9 Å². The van der Waals surface area contributed by atoms with Crippen molar-refractivity contribution in [3.63, 3.8) is 0 Å². The largest absolute Gasteiger partial charge is 0.481 e. The fraction of sp³-hybridized carbons (Fsp3) is 0.500. The van der Waals surface area contributed by atoms with Gasteiger partial charge in [-0.3, -0.25) is 9.59 Å². The van der Waals surface area contributed by atoms with Crippen LogP contribution >= 0.6 is 15.9 Å². The van der Waals surface area contributed by atoms with Crippen molar-refractivity contribution in [2.75, 3.05) is 13.2 Å². The second-order valence-corrected chi connectivity index (χ2v) is 6.50. The van der Waals surface area contributed by atoms with Gasteiger partial charge in [0.1, 0.15) is 5.75 Å². The Morgan fingerprint density at radius 1 is 1.39 bits per heavy atom. The van der Waals surface area contributed by atoms with Crippen molar-refractivity contribution in [2.45, 2.75) is 37.8 Å². The summed E-state index contributed by atoms with van der Waals surface area (Å²) < 4.78 is 11.7. The molecule has 126 valence electrons. The molecule has 1 aromatic rings. The highest BCUT2D eigenvalue weighted by Gasteiger charge is 2.37. The molecule has 2 rings (SSSR count). The molecule has 0 radical (unpaired) electrons. The highest BCUT2D eigenvalue weighted by molar-refractivity contribution is 9.10. The van der Waals surface area contributed by atoms with Gasteiger partial charge in [0.2, 0.25) is 0 Å². The number of carbonyl (C=O) groups excluding carboxylic acids is 1. The average Bonchev–Trinajstić information content (AvgIpc) is 2.49. The van der Waals surface area contributed by atoms with Crippen molar-refractivity contribution in [1.29, 1.82) is 0 Å². The van der Waals surface area contributed by atoms with E-state index in [-0.39, 0.29) is 12.3 Å². The first-order valence-corrected chi connectivity index (χ1v) is 8.24. The lowest BCUT2D eigenvalue weighted by Crippen LogP contribution is -2.56.